The Bertz CT molecular complexity index is 693. The summed E-state index contributed by atoms with van der Waals surface area (Å²) in [6.07, 6.45) is 3.43. The van der Waals surface area contributed by atoms with Gasteiger partial charge in [-0.3, -0.25) is 4.99 Å². The van der Waals surface area contributed by atoms with E-state index in [0.717, 1.165) is 25.9 Å². The van der Waals surface area contributed by atoms with Crippen molar-refractivity contribution in [3.05, 3.63) is 47.0 Å². The van der Waals surface area contributed by atoms with Crippen LogP contribution in [-0.2, 0) is 9.59 Å². The molecule has 1 aromatic carbocycles. The summed E-state index contributed by atoms with van der Waals surface area (Å²) >= 11 is 0. The first-order valence-electron chi connectivity index (χ1n) is 7.08. The van der Waals surface area contributed by atoms with Crippen molar-refractivity contribution in [2.75, 3.05) is 13.1 Å². The lowest BCUT2D eigenvalue weighted by atomic mass is 10.0. The van der Waals surface area contributed by atoms with Gasteiger partial charge in [-0.05, 0) is 37.6 Å². The van der Waals surface area contributed by atoms with Gasteiger partial charge in [0, 0.05) is 17.4 Å². The molecule has 2 heterocycles. The molecule has 2 aliphatic rings. The third kappa shape index (κ3) is 4.26. The first-order chi connectivity index (χ1) is 10.6. The van der Waals surface area contributed by atoms with Crippen molar-refractivity contribution < 1.29 is 19.8 Å². The van der Waals surface area contributed by atoms with Gasteiger partial charge in [-0.2, -0.15) is 0 Å². The first-order valence-corrected chi connectivity index (χ1v) is 7.08. The van der Waals surface area contributed by atoms with Gasteiger partial charge in [0.1, 0.15) is 0 Å². The van der Waals surface area contributed by atoms with Gasteiger partial charge in [0.2, 0.25) is 0 Å². The average Bonchev–Trinajstić information content (AvgIpc) is 2.67. The SMILES string of the molecule is O=C(O)C=CC(=O)O.c1ccc2c(c1)=NC1CCNCCC=21. The molecule has 0 bridgehead atoms. The van der Waals surface area contributed by atoms with Crippen LogP contribution >= 0.6 is 0 Å². The summed E-state index contributed by atoms with van der Waals surface area (Å²) in [6.45, 7) is 2.21. The number of para-hydroxylation sites is 1. The minimum atomic E-state index is -1.26. The number of rotatable bonds is 2. The zero-order valence-electron chi connectivity index (χ0n) is 12.0. The van der Waals surface area contributed by atoms with Gasteiger partial charge in [-0.25, -0.2) is 9.59 Å². The number of benzene rings is 1. The Morgan fingerprint density at radius 2 is 1.82 bits per heavy atom. The summed E-state index contributed by atoms with van der Waals surface area (Å²) in [6, 6.07) is 8.99. The topological polar surface area (TPSA) is 99.0 Å². The van der Waals surface area contributed by atoms with Gasteiger partial charge in [0.15, 0.2) is 0 Å². The number of fused-ring (bicyclic) bond motifs is 2. The molecule has 3 rings (SSSR count). The Morgan fingerprint density at radius 3 is 2.50 bits per heavy atom. The highest BCUT2D eigenvalue weighted by molar-refractivity contribution is 5.89. The second-order valence-corrected chi connectivity index (χ2v) is 4.99. The molecule has 0 aromatic heterocycles. The van der Waals surface area contributed by atoms with Crippen molar-refractivity contribution in [1.82, 2.24) is 5.32 Å². The number of carbonyl (C=O) groups is 2. The molecular formula is C16H18N2O4. The van der Waals surface area contributed by atoms with Crippen molar-refractivity contribution in [2.45, 2.75) is 18.9 Å². The molecule has 6 nitrogen and oxygen atoms in total. The third-order valence-corrected chi connectivity index (χ3v) is 3.48. The van der Waals surface area contributed by atoms with Gasteiger partial charge in [-0.15, -0.1) is 0 Å². The van der Waals surface area contributed by atoms with Gasteiger partial charge in [0.25, 0.3) is 0 Å². The maximum Gasteiger partial charge on any atom is 0.328 e. The Hall–Kier alpha value is -2.47. The zero-order chi connectivity index (χ0) is 15.9. The maximum absolute atomic E-state index is 9.55. The molecule has 0 saturated carbocycles. The molecule has 22 heavy (non-hydrogen) atoms. The summed E-state index contributed by atoms with van der Waals surface area (Å²) in [5.74, 6) is -2.51. The van der Waals surface area contributed by atoms with Crippen LogP contribution in [0, 0.1) is 0 Å². The smallest absolute Gasteiger partial charge is 0.328 e. The molecular weight excluding hydrogens is 284 g/mol. The average molecular weight is 302 g/mol. The molecule has 1 fully saturated rings. The molecule has 1 saturated heterocycles. The van der Waals surface area contributed by atoms with Crippen molar-refractivity contribution in [3.63, 3.8) is 0 Å². The number of aliphatic carboxylic acids is 2. The van der Waals surface area contributed by atoms with Crippen LogP contribution in [0.3, 0.4) is 0 Å². The van der Waals surface area contributed by atoms with Crippen LogP contribution in [0.1, 0.15) is 12.8 Å². The summed E-state index contributed by atoms with van der Waals surface area (Å²) in [4.78, 5) is 23.9. The molecule has 0 spiro atoms. The normalized spacial score (nSPS) is 19.3. The molecule has 0 amide bonds. The number of carboxylic acids is 2. The van der Waals surface area contributed by atoms with E-state index in [2.05, 4.69) is 29.6 Å². The Morgan fingerprint density at radius 1 is 1.14 bits per heavy atom. The van der Waals surface area contributed by atoms with Crippen LogP contribution in [0.5, 0.6) is 0 Å². The summed E-state index contributed by atoms with van der Waals surface area (Å²) in [7, 11) is 0. The van der Waals surface area contributed by atoms with E-state index in [1.54, 1.807) is 5.57 Å². The highest BCUT2D eigenvalue weighted by Crippen LogP contribution is 2.17. The molecule has 1 unspecified atom stereocenters. The van der Waals surface area contributed by atoms with Crippen molar-refractivity contribution >= 4 is 17.5 Å². The molecule has 1 aromatic rings. The molecule has 0 radical (unpaired) electrons. The maximum atomic E-state index is 9.55. The van der Waals surface area contributed by atoms with Crippen LogP contribution < -0.4 is 15.9 Å². The van der Waals surface area contributed by atoms with Crippen molar-refractivity contribution in [3.8, 4) is 0 Å². The number of carboxylic acid groups (broad SMARTS) is 2. The highest BCUT2D eigenvalue weighted by Gasteiger charge is 2.20. The van der Waals surface area contributed by atoms with Crippen LogP contribution in [0.4, 0.5) is 0 Å². The van der Waals surface area contributed by atoms with Crippen LogP contribution in [0.2, 0.25) is 0 Å². The fourth-order valence-corrected chi connectivity index (χ4v) is 2.55. The summed E-state index contributed by atoms with van der Waals surface area (Å²) in [5, 5.41) is 21.6. The van der Waals surface area contributed by atoms with Crippen LogP contribution in [0.25, 0.3) is 5.57 Å². The standard InChI is InChI=1S/C12H14N2.C4H4O4/c1-2-4-11-9(3-1)10-5-7-13-8-6-12(10)14-11;5-3(6)1-2-4(7)8/h1-4,12-13H,5-8H2;1-2H,(H,5,6)(H,7,8). The lowest BCUT2D eigenvalue weighted by Crippen LogP contribution is -2.23. The summed E-state index contributed by atoms with van der Waals surface area (Å²) in [5.41, 5.74) is 1.55. The van der Waals surface area contributed by atoms with E-state index in [1.165, 1.54) is 10.6 Å². The van der Waals surface area contributed by atoms with Gasteiger partial charge < -0.3 is 15.5 Å². The predicted molar refractivity (Wildman–Crippen MR) is 80.9 cm³/mol. The number of hydrogen-bond donors (Lipinski definition) is 3. The highest BCUT2D eigenvalue weighted by atomic mass is 16.4. The third-order valence-electron chi connectivity index (χ3n) is 3.48. The summed E-state index contributed by atoms with van der Waals surface area (Å²) < 4.78 is 0. The van der Waals surface area contributed by atoms with Gasteiger partial charge >= 0.3 is 11.9 Å². The van der Waals surface area contributed by atoms with E-state index in [-0.39, 0.29) is 0 Å². The van der Waals surface area contributed by atoms with E-state index in [9.17, 15) is 9.59 Å². The van der Waals surface area contributed by atoms with Crippen LogP contribution in [-0.4, -0.2) is 41.3 Å². The van der Waals surface area contributed by atoms with Gasteiger partial charge in [0.05, 0.1) is 11.4 Å². The van der Waals surface area contributed by atoms with E-state index in [0.29, 0.717) is 18.2 Å². The minimum Gasteiger partial charge on any atom is -0.478 e. The monoisotopic (exact) mass is 302 g/mol. The van der Waals surface area contributed by atoms with Crippen molar-refractivity contribution in [2.24, 2.45) is 4.99 Å². The fourth-order valence-electron chi connectivity index (χ4n) is 2.55. The predicted octanol–water partition coefficient (Wildman–Crippen LogP) is -0.0657. The van der Waals surface area contributed by atoms with E-state index < -0.39 is 11.9 Å². The molecule has 0 aliphatic carbocycles. The lowest BCUT2D eigenvalue weighted by Gasteiger charge is -2.06. The Labute approximate surface area is 127 Å². The largest absolute Gasteiger partial charge is 0.478 e. The molecule has 3 N–H and O–H groups in total. The van der Waals surface area contributed by atoms with Crippen molar-refractivity contribution in [1.29, 1.82) is 0 Å². The molecule has 1 atom stereocenters. The Kier molecular flexibility index (Phi) is 5.43. The fraction of sp³-hybridized carbons (Fsp3) is 0.312. The number of nitrogens with one attached hydrogen (secondary N) is 1. The van der Waals surface area contributed by atoms with E-state index in [1.807, 2.05) is 0 Å². The van der Waals surface area contributed by atoms with E-state index in [4.69, 9.17) is 15.2 Å². The minimum absolute atomic E-state index is 0.461. The quantitative estimate of drug-likeness (QED) is 0.664. The number of hydrogen-bond acceptors (Lipinski definition) is 4. The first kappa shape index (κ1) is 15.9. The lowest BCUT2D eigenvalue weighted by molar-refractivity contribution is -0.134. The molecule has 6 heteroatoms. The van der Waals surface area contributed by atoms with Crippen LogP contribution in [0.15, 0.2) is 41.4 Å². The van der Waals surface area contributed by atoms with E-state index >= 15 is 0 Å². The second kappa shape index (κ2) is 7.51. The van der Waals surface area contributed by atoms with Gasteiger partial charge in [-0.1, -0.05) is 18.2 Å². The molecule has 116 valence electrons. The number of nitrogens with zero attached hydrogens (tertiary/aromatic N) is 1. The molecule has 2 aliphatic heterocycles. The zero-order valence-corrected chi connectivity index (χ0v) is 12.0. The Balaban J connectivity index is 0.000000192. The second-order valence-electron chi connectivity index (χ2n) is 4.99.